The third kappa shape index (κ3) is 1.61. The van der Waals surface area contributed by atoms with Crippen molar-refractivity contribution in [1.82, 2.24) is 0 Å². The molecule has 1 aromatic carbocycles. The van der Waals surface area contributed by atoms with E-state index in [1.807, 2.05) is 0 Å². The number of hydrogen-bond donors (Lipinski definition) is 2. The molecule has 0 aliphatic rings. The number of phenolic OH excluding ortho intramolecular Hbond substituents is 1. The Hall–Kier alpha value is -1.71. The van der Waals surface area contributed by atoms with Crippen molar-refractivity contribution in [2.24, 2.45) is 5.16 Å². The van der Waals surface area contributed by atoms with E-state index in [0.29, 0.717) is 0 Å². The van der Waals surface area contributed by atoms with Crippen LogP contribution in [0.15, 0.2) is 23.4 Å². The molecule has 4 heteroatoms. The van der Waals surface area contributed by atoms with Crippen molar-refractivity contribution < 1.29 is 15.4 Å². The SMILES string of the molecule is [O-]c1cc(O)ccc1C=NO. The van der Waals surface area contributed by atoms with Crippen LogP contribution in [0, 0.1) is 0 Å². The number of rotatable bonds is 1. The average molecular weight is 152 g/mol. The minimum Gasteiger partial charge on any atom is -0.872 e. The van der Waals surface area contributed by atoms with Crippen LogP contribution in [0.1, 0.15) is 5.56 Å². The molecule has 1 aromatic rings. The van der Waals surface area contributed by atoms with Gasteiger partial charge in [-0.3, -0.25) is 0 Å². The molecule has 58 valence electrons. The van der Waals surface area contributed by atoms with Crippen LogP contribution in [0.25, 0.3) is 0 Å². The molecule has 0 heterocycles. The fourth-order valence-corrected chi connectivity index (χ4v) is 0.692. The fourth-order valence-electron chi connectivity index (χ4n) is 0.692. The normalized spacial score (nSPS) is 10.5. The van der Waals surface area contributed by atoms with Gasteiger partial charge in [-0.25, -0.2) is 0 Å². The summed E-state index contributed by atoms with van der Waals surface area (Å²) in [5.41, 5.74) is 0.241. The summed E-state index contributed by atoms with van der Waals surface area (Å²) < 4.78 is 0. The molecule has 0 atom stereocenters. The second kappa shape index (κ2) is 2.92. The second-order valence-electron chi connectivity index (χ2n) is 1.97. The summed E-state index contributed by atoms with van der Waals surface area (Å²) >= 11 is 0. The molecule has 0 amide bonds. The van der Waals surface area contributed by atoms with Crippen LogP contribution in [0.5, 0.6) is 11.5 Å². The van der Waals surface area contributed by atoms with Crippen molar-refractivity contribution in [2.75, 3.05) is 0 Å². The van der Waals surface area contributed by atoms with E-state index in [4.69, 9.17) is 10.3 Å². The maximum absolute atomic E-state index is 10.9. The Bertz CT molecular complexity index is 283. The van der Waals surface area contributed by atoms with E-state index in [9.17, 15) is 5.11 Å². The molecule has 2 N–H and O–H groups in total. The highest BCUT2D eigenvalue weighted by Gasteiger charge is 1.90. The smallest absolute Gasteiger partial charge is 0.115 e. The zero-order chi connectivity index (χ0) is 8.27. The van der Waals surface area contributed by atoms with Gasteiger partial charge in [0.25, 0.3) is 0 Å². The van der Waals surface area contributed by atoms with Gasteiger partial charge < -0.3 is 15.4 Å². The Balaban J connectivity index is 3.09. The summed E-state index contributed by atoms with van der Waals surface area (Å²) in [4.78, 5) is 0. The number of benzene rings is 1. The highest BCUT2D eigenvalue weighted by molar-refractivity contribution is 5.82. The van der Waals surface area contributed by atoms with Crippen LogP contribution >= 0.6 is 0 Å². The fraction of sp³-hybridized carbons (Fsp3) is 0. The molecule has 4 nitrogen and oxygen atoms in total. The first-order valence-corrected chi connectivity index (χ1v) is 2.91. The third-order valence-corrected chi connectivity index (χ3v) is 1.19. The van der Waals surface area contributed by atoms with Crippen molar-refractivity contribution in [3.8, 4) is 11.5 Å². The summed E-state index contributed by atoms with van der Waals surface area (Å²) in [6.07, 6.45) is 1.02. The first-order chi connectivity index (χ1) is 5.24. The molecule has 11 heavy (non-hydrogen) atoms. The highest BCUT2D eigenvalue weighted by atomic mass is 16.4. The summed E-state index contributed by atoms with van der Waals surface area (Å²) in [6.45, 7) is 0. The van der Waals surface area contributed by atoms with Gasteiger partial charge in [-0.15, -0.1) is 0 Å². The molecule has 0 aliphatic heterocycles. The summed E-state index contributed by atoms with van der Waals surface area (Å²) in [6, 6.07) is 3.77. The van der Waals surface area contributed by atoms with Gasteiger partial charge in [0.05, 0.1) is 6.21 Å². The van der Waals surface area contributed by atoms with Gasteiger partial charge in [-0.2, -0.15) is 0 Å². The molecule has 0 spiro atoms. The number of phenols is 1. The molecule has 0 unspecified atom stereocenters. The van der Waals surface area contributed by atoms with Crippen molar-refractivity contribution in [3.63, 3.8) is 0 Å². The Morgan fingerprint density at radius 1 is 1.45 bits per heavy atom. The predicted octanol–water partition coefficient (Wildman–Crippen LogP) is 0.274. The average Bonchev–Trinajstić information content (AvgIpc) is 1.95. The van der Waals surface area contributed by atoms with Gasteiger partial charge in [-0.05, 0) is 17.7 Å². The van der Waals surface area contributed by atoms with Gasteiger partial charge >= 0.3 is 0 Å². The van der Waals surface area contributed by atoms with Crippen LogP contribution < -0.4 is 5.11 Å². The maximum Gasteiger partial charge on any atom is 0.115 e. The Morgan fingerprint density at radius 3 is 2.73 bits per heavy atom. The van der Waals surface area contributed by atoms with E-state index in [1.165, 1.54) is 12.1 Å². The van der Waals surface area contributed by atoms with Gasteiger partial charge in [0.15, 0.2) is 0 Å². The Kier molecular flexibility index (Phi) is 1.96. The van der Waals surface area contributed by atoms with E-state index in [2.05, 4.69) is 5.16 Å². The van der Waals surface area contributed by atoms with Crippen molar-refractivity contribution in [2.45, 2.75) is 0 Å². The summed E-state index contributed by atoms with van der Waals surface area (Å²) in [7, 11) is 0. The van der Waals surface area contributed by atoms with Crippen molar-refractivity contribution >= 4 is 6.21 Å². The van der Waals surface area contributed by atoms with Gasteiger partial charge in [-0.1, -0.05) is 17.0 Å². The van der Waals surface area contributed by atoms with Crippen molar-refractivity contribution in [1.29, 1.82) is 0 Å². The van der Waals surface area contributed by atoms with Crippen LogP contribution in [-0.2, 0) is 0 Å². The highest BCUT2D eigenvalue weighted by Crippen LogP contribution is 2.17. The topological polar surface area (TPSA) is 75.9 Å². The monoisotopic (exact) mass is 152 g/mol. The number of hydrogen-bond acceptors (Lipinski definition) is 4. The molecular weight excluding hydrogens is 146 g/mol. The summed E-state index contributed by atoms with van der Waals surface area (Å²) in [5, 5.41) is 30.4. The molecule has 0 aromatic heterocycles. The molecule has 1 rings (SSSR count). The molecule has 0 saturated carbocycles. The number of oxime groups is 1. The first-order valence-electron chi connectivity index (χ1n) is 2.91. The van der Waals surface area contributed by atoms with E-state index < -0.39 is 0 Å². The predicted molar refractivity (Wildman–Crippen MR) is 36.9 cm³/mol. The van der Waals surface area contributed by atoms with Crippen LogP contribution in [0.4, 0.5) is 0 Å². The van der Waals surface area contributed by atoms with E-state index in [0.717, 1.165) is 12.3 Å². The van der Waals surface area contributed by atoms with Crippen LogP contribution in [0.2, 0.25) is 0 Å². The summed E-state index contributed by atoms with van der Waals surface area (Å²) in [5.74, 6) is -0.465. The Labute approximate surface area is 63.0 Å². The van der Waals surface area contributed by atoms with E-state index in [1.54, 1.807) is 0 Å². The quantitative estimate of drug-likeness (QED) is 0.344. The lowest BCUT2D eigenvalue weighted by Crippen LogP contribution is -1.95. The zero-order valence-electron chi connectivity index (χ0n) is 5.56. The van der Waals surface area contributed by atoms with Gasteiger partial charge in [0.1, 0.15) is 5.75 Å². The standard InChI is InChI=1S/C7H7NO3/c9-6-2-1-5(4-8-11)7(10)3-6/h1-4,9-11H/p-1. The van der Waals surface area contributed by atoms with Gasteiger partial charge in [0.2, 0.25) is 0 Å². The molecule has 0 saturated heterocycles. The molecule has 0 aliphatic carbocycles. The number of aromatic hydroxyl groups is 1. The van der Waals surface area contributed by atoms with Crippen molar-refractivity contribution in [3.05, 3.63) is 23.8 Å². The molecular formula is C7H6NO3-. The lowest BCUT2D eigenvalue weighted by Gasteiger charge is -2.08. The van der Waals surface area contributed by atoms with Crippen LogP contribution in [0.3, 0.4) is 0 Å². The first kappa shape index (κ1) is 7.40. The largest absolute Gasteiger partial charge is 0.872 e. The second-order valence-corrected chi connectivity index (χ2v) is 1.97. The molecule has 0 bridgehead atoms. The zero-order valence-corrected chi connectivity index (χ0v) is 5.56. The molecule has 0 radical (unpaired) electrons. The minimum absolute atomic E-state index is 0.0925. The maximum atomic E-state index is 10.9. The lowest BCUT2D eigenvalue weighted by atomic mass is 10.2. The van der Waals surface area contributed by atoms with Gasteiger partial charge in [0, 0.05) is 0 Å². The number of nitrogens with zero attached hydrogens (tertiary/aromatic N) is 1. The minimum atomic E-state index is -0.372. The molecule has 0 fully saturated rings. The van der Waals surface area contributed by atoms with E-state index in [-0.39, 0.29) is 17.1 Å². The Morgan fingerprint density at radius 2 is 2.18 bits per heavy atom. The van der Waals surface area contributed by atoms with Crippen LogP contribution in [-0.4, -0.2) is 16.5 Å². The third-order valence-electron chi connectivity index (χ3n) is 1.19. The lowest BCUT2D eigenvalue weighted by molar-refractivity contribution is -0.268. The van der Waals surface area contributed by atoms with E-state index >= 15 is 0 Å².